The van der Waals surface area contributed by atoms with Crippen LogP contribution in [0.2, 0.25) is 0 Å². The maximum Gasteiger partial charge on any atom is 0.282 e. The van der Waals surface area contributed by atoms with E-state index in [1.54, 1.807) is 19.1 Å². The Kier molecular flexibility index (Phi) is 4.42. The second kappa shape index (κ2) is 4.58. The molecule has 0 aliphatic carbocycles. The van der Waals surface area contributed by atoms with E-state index in [0.717, 1.165) is 5.56 Å². The Hall–Kier alpha value is -0.407. The summed E-state index contributed by atoms with van der Waals surface area (Å²) >= 11 is 3.94. The smallest absolute Gasteiger partial charge is 0.258 e. The van der Waals surface area contributed by atoms with E-state index >= 15 is 0 Å². The third-order valence-corrected chi connectivity index (χ3v) is 1.71. The summed E-state index contributed by atoms with van der Waals surface area (Å²) in [6.07, 6.45) is 0. The van der Waals surface area contributed by atoms with E-state index in [2.05, 4.69) is 12.6 Å². The molecule has 0 radical (unpaired) electrons. The van der Waals surface area contributed by atoms with Crippen LogP contribution in [0, 0.1) is 17.0 Å². The fraction of sp³-hybridized carbons (Fsp3) is 0.143. The van der Waals surface area contributed by atoms with Crippen molar-refractivity contribution in [2.45, 2.75) is 11.8 Å². The van der Waals surface area contributed by atoms with Crippen molar-refractivity contribution in [1.82, 2.24) is 0 Å². The van der Waals surface area contributed by atoms with E-state index in [4.69, 9.17) is 0 Å². The van der Waals surface area contributed by atoms with Crippen molar-refractivity contribution in [2.24, 2.45) is 0 Å². The first kappa shape index (κ1) is 11.6. The van der Waals surface area contributed by atoms with E-state index in [0.29, 0.717) is 4.90 Å². The van der Waals surface area contributed by atoms with Crippen LogP contribution in [-0.2, 0) is 19.5 Å². The zero-order chi connectivity index (χ0) is 8.43. The quantitative estimate of drug-likeness (QED) is 0.350. The predicted molar refractivity (Wildman–Crippen MR) is 45.1 cm³/mol. The second-order valence-corrected chi connectivity index (χ2v) is 2.73. The molecule has 1 aromatic rings. The Morgan fingerprint density at radius 1 is 1.50 bits per heavy atom. The number of benzene rings is 1. The Balaban J connectivity index is 0.00000121. The molecule has 1 rings (SSSR count). The summed E-state index contributed by atoms with van der Waals surface area (Å²) in [4.78, 5) is 10.3. The molecule has 0 amide bonds. The SMILES string of the molecule is Cc1ccc(S)c([N+](=O)[O-])c1.[Zn]. The zero-order valence-electron chi connectivity index (χ0n) is 6.65. The number of thiol groups is 1. The van der Waals surface area contributed by atoms with Crippen LogP contribution in [-0.4, -0.2) is 4.92 Å². The molecule has 5 heteroatoms. The van der Waals surface area contributed by atoms with Gasteiger partial charge in [-0.1, -0.05) is 6.07 Å². The van der Waals surface area contributed by atoms with Crippen molar-refractivity contribution in [2.75, 3.05) is 0 Å². The average Bonchev–Trinajstić information content (AvgIpc) is 1.94. The summed E-state index contributed by atoms with van der Waals surface area (Å²) in [5.41, 5.74) is 0.933. The topological polar surface area (TPSA) is 43.1 Å². The molecule has 0 spiro atoms. The maximum absolute atomic E-state index is 10.3. The molecular weight excluding hydrogens is 228 g/mol. The number of nitrogens with zero attached hydrogens (tertiary/aromatic N) is 1. The van der Waals surface area contributed by atoms with Gasteiger partial charge >= 0.3 is 0 Å². The standard InChI is InChI=1S/C7H7NO2S.Zn/c1-5-2-3-7(11)6(4-5)8(9)10;/h2-4,11H,1H3;. The van der Waals surface area contributed by atoms with Gasteiger partial charge in [0, 0.05) is 25.5 Å². The Bertz CT molecular complexity index is 303. The van der Waals surface area contributed by atoms with Gasteiger partial charge in [0.2, 0.25) is 0 Å². The summed E-state index contributed by atoms with van der Waals surface area (Å²) in [6.45, 7) is 1.81. The number of nitro benzene ring substituents is 1. The first-order valence-corrected chi connectivity index (χ1v) is 3.50. The molecule has 3 nitrogen and oxygen atoms in total. The van der Waals surface area contributed by atoms with Crippen LogP contribution in [0.5, 0.6) is 0 Å². The predicted octanol–water partition coefficient (Wildman–Crippen LogP) is 2.19. The molecule has 0 aromatic heterocycles. The van der Waals surface area contributed by atoms with E-state index in [9.17, 15) is 10.1 Å². The molecule has 0 aliphatic heterocycles. The van der Waals surface area contributed by atoms with Crippen LogP contribution in [0.1, 0.15) is 5.56 Å². The van der Waals surface area contributed by atoms with E-state index < -0.39 is 4.92 Å². The van der Waals surface area contributed by atoms with Crippen molar-refractivity contribution in [1.29, 1.82) is 0 Å². The van der Waals surface area contributed by atoms with Crippen molar-refractivity contribution < 1.29 is 24.4 Å². The molecule has 0 bridgehead atoms. The van der Waals surface area contributed by atoms with Gasteiger partial charge in [-0.05, 0) is 18.6 Å². The van der Waals surface area contributed by atoms with Gasteiger partial charge in [-0.2, -0.15) is 0 Å². The van der Waals surface area contributed by atoms with Gasteiger partial charge in [0.25, 0.3) is 5.69 Å². The first-order valence-electron chi connectivity index (χ1n) is 3.05. The average molecular weight is 235 g/mol. The summed E-state index contributed by atoms with van der Waals surface area (Å²) in [5, 5.41) is 10.3. The third-order valence-electron chi connectivity index (χ3n) is 1.33. The van der Waals surface area contributed by atoms with Crippen LogP contribution in [0.15, 0.2) is 23.1 Å². The minimum atomic E-state index is -0.435. The van der Waals surface area contributed by atoms with E-state index in [1.807, 2.05) is 0 Å². The molecule has 0 saturated heterocycles. The number of rotatable bonds is 1. The van der Waals surface area contributed by atoms with Gasteiger partial charge in [0.1, 0.15) is 0 Å². The first-order chi connectivity index (χ1) is 5.11. The third kappa shape index (κ3) is 2.57. The number of aryl methyl sites for hydroxylation is 1. The van der Waals surface area contributed by atoms with Gasteiger partial charge in [0.15, 0.2) is 0 Å². The van der Waals surface area contributed by atoms with Crippen LogP contribution in [0.4, 0.5) is 5.69 Å². The molecular formula is C7H7NO2SZn. The molecule has 0 saturated carbocycles. The van der Waals surface area contributed by atoms with Gasteiger partial charge < -0.3 is 0 Å². The van der Waals surface area contributed by atoms with Gasteiger partial charge in [-0.3, -0.25) is 10.1 Å². The summed E-state index contributed by atoms with van der Waals surface area (Å²) in [5.74, 6) is 0. The van der Waals surface area contributed by atoms with E-state index in [1.165, 1.54) is 6.07 Å². The van der Waals surface area contributed by atoms with Gasteiger partial charge in [-0.25, -0.2) is 0 Å². The molecule has 0 atom stereocenters. The fourth-order valence-electron chi connectivity index (χ4n) is 0.780. The monoisotopic (exact) mass is 233 g/mol. The maximum atomic E-state index is 10.3. The van der Waals surface area contributed by atoms with Crippen molar-refractivity contribution >= 4 is 18.3 Å². The fourth-order valence-corrected chi connectivity index (χ4v) is 1.00. The van der Waals surface area contributed by atoms with Crippen molar-refractivity contribution in [3.63, 3.8) is 0 Å². The minimum absolute atomic E-state index is 0. The molecule has 60 valence electrons. The molecule has 12 heavy (non-hydrogen) atoms. The summed E-state index contributed by atoms with van der Waals surface area (Å²) in [7, 11) is 0. The number of hydrogen-bond donors (Lipinski definition) is 1. The van der Waals surface area contributed by atoms with Crippen LogP contribution < -0.4 is 0 Å². The van der Waals surface area contributed by atoms with Crippen LogP contribution in [0.25, 0.3) is 0 Å². The summed E-state index contributed by atoms with van der Waals surface area (Å²) in [6, 6.07) is 4.91. The Labute approximate surface area is 88.5 Å². The number of nitro groups is 1. The molecule has 0 heterocycles. The Morgan fingerprint density at radius 2 is 2.08 bits per heavy atom. The van der Waals surface area contributed by atoms with Gasteiger partial charge in [-0.15, -0.1) is 12.6 Å². The molecule has 0 unspecified atom stereocenters. The van der Waals surface area contributed by atoms with E-state index in [-0.39, 0.29) is 25.2 Å². The largest absolute Gasteiger partial charge is 0.282 e. The molecule has 0 N–H and O–H groups in total. The normalized spacial score (nSPS) is 8.83. The summed E-state index contributed by atoms with van der Waals surface area (Å²) < 4.78 is 0. The molecule has 0 aliphatic rings. The van der Waals surface area contributed by atoms with Crippen LogP contribution in [0.3, 0.4) is 0 Å². The molecule has 1 aromatic carbocycles. The van der Waals surface area contributed by atoms with Crippen LogP contribution >= 0.6 is 12.6 Å². The van der Waals surface area contributed by atoms with Gasteiger partial charge in [0.05, 0.1) is 9.82 Å². The molecule has 0 fully saturated rings. The second-order valence-electron chi connectivity index (χ2n) is 2.25. The number of hydrogen-bond acceptors (Lipinski definition) is 3. The minimum Gasteiger partial charge on any atom is -0.258 e. The Morgan fingerprint density at radius 3 is 2.50 bits per heavy atom. The van der Waals surface area contributed by atoms with Crippen molar-refractivity contribution in [3.05, 3.63) is 33.9 Å². The van der Waals surface area contributed by atoms with Crippen molar-refractivity contribution in [3.8, 4) is 0 Å². The zero-order valence-corrected chi connectivity index (χ0v) is 10.5.